The number of nitrogens with zero attached hydrogens (tertiary/aromatic N) is 1. The SMILES string of the molecule is C#CC(C)CN=O. The maximum atomic E-state index is 9.43. The Labute approximate surface area is 42.9 Å². The van der Waals surface area contributed by atoms with Gasteiger partial charge in [0, 0.05) is 5.92 Å². The molecule has 38 valence electrons. The lowest BCUT2D eigenvalue weighted by Gasteiger charge is -1.88. The van der Waals surface area contributed by atoms with Crippen molar-refractivity contribution in [3.63, 3.8) is 0 Å². The summed E-state index contributed by atoms with van der Waals surface area (Å²) in [5, 5.41) is 2.61. The number of hydrogen-bond acceptors (Lipinski definition) is 2. The van der Waals surface area contributed by atoms with Crippen LogP contribution in [0.3, 0.4) is 0 Å². The quantitative estimate of drug-likeness (QED) is 0.373. The van der Waals surface area contributed by atoms with Crippen molar-refractivity contribution in [2.45, 2.75) is 6.92 Å². The molecule has 7 heavy (non-hydrogen) atoms. The second kappa shape index (κ2) is 3.35. The second-order valence-electron chi connectivity index (χ2n) is 1.38. The van der Waals surface area contributed by atoms with Crippen molar-refractivity contribution in [2.75, 3.05) is 6.54 Å². The molecular formula is C5H7NO. The van der Waals surface area contributed by atoms with Crippen molar-refractivity contribution in [1.82, 2.24) is 0 Å². The third-order valence-electron chi connectivity index (χ3n) is 0.633. The van der Waals surface area contributed by atoms with Crippen LogP contribution in [-0.4, -0.2) is 6.54 Å². The number of terminal acetylenes is 1. The molecule has 0 saturated carbocycles. The van der Waals surface area contributed by atoms with Gasteiger partial charge in [0.1, 0.15) is 0 Å². The van der Waals surface area contributed by atoms with Crippen LogP contribution >= 0.6 is 0 Å². The molecule has 0 radical (unpaired) electrons. The molecule has 2 nitrogen and oxygen atoms in total. The predicted octanol–water partition coefficient (Wildman–Crippen LogP) is 1.02. The monoisotopic (exact) mass is 97.1 g/mol. The van der Waals surface area contributed by atoms with Crippen molar-refractivity contribution < 1.29 is 0 Å². The van der Waals surface area contributed by atoms with Crippen molar-refractivity contribution in [2.24, 2.45) is 11.1 Å². The number of nitroso groups, excluding NO2 is 1. The van der Waals surface area contributed by atoms with E-state index in [1.807, 2.05) is 0 Å². The minimum Gasteiger partial charge on any atom is -0.151 e. The molecule has 0 rings (SSSR count). The van der Waals surface area contributed by atoms with E-state index >= 15 is 0 Å². The second-order valence-corrected chi connectivity index (χ2v) is 1.38. The molecule has 0 spiro atoms. The molecule has 2 heteroatoms. The van der Waals surface area contributed by atoms with Gasteiger partial charge < -0.3 is 0 Å². The Morgan fingerprint density at radius 1 is 2.00 bits per heavy atom. The molecule has 0 bridgehead atoms. The molecule has 0 aliphatic rings. The van der Waals surface area contributed by atoms with E-state index in [9.17, 15) is 4.91 Å². The largest absolute Gasteiger partial charge is 0.151 e. The zero-order chi connectivity index (χ0) is 5.70. The van der Waals surface area contributed by atoms with Gasteiger partial charge in [-0.2, -0.15) is 4.91 Å². The van der Waals surface area contributed by atoms with Gasteiger partial charge in [0.15, 0.2) is 0 Å². The molecule has 0 aromatic rings. The van der Waals surface area contributed by atoms with Gasteiger partial charge in [-0.15, -0.1) is 12.3 Å². The Morgan fingerprint density at radius 3 is 2.71 bits per heavy atom. The maximum absolute atomic E-state index is 9.43. The molecule has 0 aliphatic carbocycles. The first-order valence-electron chi connectivity index (χ1n) is 2.06. The summed E-state index contributed by atoms with van der Waals surface area (Å²) < 4.78 is 0. The van der Waals surface area contributed by atoms with E-state index in [1.54, 1.807) is 6.92 Å². The van der Waals surface area contributed by atoms with Gasteiger partial charge in [-0.1, -0.05) is 5.18 Å². The third-order valence-corrected chi connectivity index (χ3v) is 0.633. The third kappa shape index (κ3) is 2.98. The zero-order valence-electron chi connectivity index (χ0n) is 4.22. The molecular weight excluding hydrogens is 90.1 g/mol. The van der Waals surface area contributed by atoms with Crippen molar-refractivity contribution >= 4 is 0 Å². The van der Waals surface area contributed by atoms with Gasteiger partial charge in [0.2, 0.25) is 0 Å². The van der Waals surface area contributed by atoms with E-state index in [1.165, 1.54) is 0 Å². The van der Waals surface area contributed by atoms with E-state index in [0.29, 0.717) is 0 Å². The van der Waals surface area contributed by atoms with Crippen LogP contribution in [0.5, 0.6) is 0 Å². The molecule has 0 amide bonds. The van der Waals surface area contributed by atoms with E-state index in [0.717, 1.165) is 0 Å². The molecule has 0 aromatic heterocycles. The molecule has 0 saturated heterocycles. The van der Waals surface area contributed by atoms with Crippen molar-refractivity contribution in [3.05, 3.63) is 4.91 Å². The van der Waals surface area contributed by atoms with Gasteiger partial charge in [-0.05, 0) is 6.92 Å². The fourth-order valence-electron chi connectivity index (χ4n) is 0.165. The topological polar surface area (TPSA) is 29.4 Å². The first-order valence-corrected chi connectivity index (χ1v) is 2.06. The van der Waals surface area contributed by atoms with Gasteiger partial charge in [-0.25, -0.2) is 0 Å². The normalized spacial score (nSPS) is 12.0. The fourth-order valence-corrected chi connectivity index (χ4v) is 0.165. The van der Waals surface area contributed by atoms with Gasteiger partial charge in [0.05, 0.1) is 6.54 Å². The van der Waals surface area contributed by atoms with Crippen LogP contribution in [-0.2, 0) is 0 Å². The summed E-state index contributed by atoms with van der Waals surface area (Å²) in [5.41, 5.74) is 0. The lowest BCUT2D eigenvalue weighted by molar-refractivity contribution is 0.764. The Kier molecular flexibility index (Phi) is 2.95. The smallest absolute Gasteiger partial charge is 0.0945 e. The van der Waals surface area contributed by atoms with Crippen molar-refractivity contribution in [3.8, 4) is 12.3 Å². The Bertz CT molecular complexity index is 92.7. The van der Waals surface area contributed by atoms with Gasteiger partial charge in [-0.3, -0.25) is 0 Å². The van der Waals surface area contributed by atoms with Gasteiger partial charge in [0.25, 0.3) is 0 Å². The maximum Gasteiger partial charge on any atom is 0.0945 e. The molecule has 0 fully saturated rings. The summed E-state index contributed by atoms with van der Waals surface area (Å²) in [4.78, 5) is 9.43. The van der Waals surface area contributed by atoms with Crippen molar-refractivity contribution in [1.29, 1.82) is 0 Å². The minimum atomic E-state index is -0.00231. The average molecular weight is 97.1 g/mol. The highest BCUT2D eigenvalue weighted by atomic mass is 16.3. The first kappa shape index (κ1) is 6.16. The van der Waals surface area contributed by atoms with E-state index in [4.69, 9.17) is 6.42 Å². The highest BCUT2D eigenvalue weighted by Crippen LogP contribution is 1.89. The summed E-state index contributed by atoms with van der Waals surface area (Å²) in [5.74, 6) is 2.37. The summed E-state index contributed by atoms with van der Waals surface area (Å²) in [7, 11) is 0. The van der Waals surface area contributed by atoms with E-state index in [2.05, 4.69) is 11.1 Å². The minimum absolute atomic E-state index is 0.00231. The average Bonchev–Trinajstić information content (AvgIpc) is 1.68. The highest BCUT2D eigenvalue weighted by molar-refractivity contribution is 4.90. The summed E-state index contributed by atoms with van der Waals surface area (Å²) >= 11 is 0. The lowest BCUT2D eigenvalue weighted by atomic mass is 10.2. The summed E-state index contributed by atoms with van der Waals surface area (Å²) in [6, 6.07) is 0. The van der Waals surface area contributed by atoms with Crippen LogP contribution in [0.15, 0.2) is 5.18 Å². The predicted molar refractivity (Wildman–Crippen MR) is 28.7 cm³/mol. The van der Waals surface area contributed by atoms with E-state index in [-0.39, 0.29) is 12.5 Å². The molecule has 0 heterocycles. The standard InChI is InChI=1S/C5H7NO/c1-3-5(2)4-6-7/h1,5H,4H2,2H3. The lowest BCUT2D eigenvalue weighted by Crippen LogP contribution is -1.91. The molecule has 1 unspecified atom stereocenters. The van der Waals surface area contributed by atoms with E-state index < -0.39 is 0 Å². The first-order chi connectivity index (χ1) is 3.31. The molecule has 0 N–H and O–H groups in total. The highest BCUT2D eigenvalue weighted by Gasteiger charge is 1.91. The van der Waals surface area contributed by atoms with Crippen LogP contribution in [0.2, 0.25) is 0 Å². The van der Waals surface area contributed by atoms with Crippen LogP contribution in [0.1, 0.15) is 6.92 Å². The molecule has 0 aromatic carbocycles. The summed E-state index contributed by atoms with van der Waals surface area (Å²) in [6.07, 6.45) is 4.91. The fraction of sp³-hybridized carbons (Fsp3) is 0.600. The van der Waals surface area contributed by atoms with Crippen LogP contribution in [0.25, 0.3) is 0 Å². The zero-order valence-corrected chi connectivity index (χ0v) is 4.22. The van der Waals surface area contributed by atoms with Crippen LogP contribution in [0, 0.1) is 23.2 Å². The van der Waals surface area contributed by atoms with Crippen LogP contribution < -0.4 is 0 Å². The Balaban J connectivity index is 3.21. The Hall–Kier alpha value is -0.840. The Morgan fingerprint density at radius 2 is 2.57 bits per heavy atom. The molecule has 1 atom stereocenters. The number of rotatable bonds is 2. The van der Waals surface area contributed by atoms with Gasteiger partial charge >= 0.3 is 0 Å². The molecule has 0 aliphatic heterocycles. The van der Waals surface area contributed by atoms with Crippen LogP contribution in [0.4, 0.5) is 0 Å². The summed E-state index contributed by atoms with van der Waals surface area (Å²) in [6.45, 7) is 2.01. The number of hydrogen-bond donors (Lipinski definition) is 0.